The number of carbonyl (C=O) groups is 1. The fourth-order valence-electron chi connectivity index (χ4n) is 1.23. The Labute approximate surface area is 106 Å². The van der Waals surface area contributed by atoms with Crippen LogP contribution in [0, 0.1) is 0 Å². The molecule has 2 N–H and O–H groups in total. The first-order valence-corrected chi connectivity index (χ1v) is 5.29. The molecule has 0 saturated carbocycles. The van der Waals surface area contributed by atoms with Crippen LogP contribution in [0.5, 0.6) is 0 Å². The quantitative estimate of drug-likeness (QED) is 0.670. The van der Waals surface area contributed by atoms with Gasteiger partial charge in [0.25, 0.3) is 11.5 Å². The number of aromatic nitrogens is 2. The predicted octanol–water partition coefficient (Wildman–Crippen LogP) is -1.71. The molecule has 0 bridgehead atoms. The lowest BCUT2D eigenvalue weighted by Gasteiger charge is -2.14. The minimum Gasteiger partial charge on any atom is -0.390 e. The smallest absolute Gasteiger partial charge is 0.331 e. The van der Waals surface area contributed by atoms with Crippen LogP contribution in [0.3, 0.4) is 0 Å². The Hall–Kier alpha value is -2.03. The molecule has 0 atom stereocenters. The van der Waals surface area contributed by atoms with Gasteiger partial charge in [0.2, 0.25) is 5.91 Å². The van der Waals surface area contributed by atoms with Crippen LogP contribution in [-0.4, -0.2) is 39.2 Å². The van der Waals surface area contributed by atoms with Crippen molar-refractivity contribution in [3.8, 4) is 0 Å². The molecule has 0 spiro atoms. The molecule has 7 nitrogen and oxygen atoms in total. The second-order valence-electron chi connectivity index (χ2n) is 3.91. The highest BCUT2D eigenvalue weighted by Gasteiger charge is 2.28. The molecule has 1 rings (SSSR count). The molecule has 0 aliphatic rings. The number of rotatable bonds is 5. The van der Waals surface area contributed by atoms with E-state index < -0.39 is 42.8 Å². The van der Waals surface area contributed by atoms with Crippen LogP contribution in [0.25, 0.3) is 0 Å². The van der Waals surface area contributed by atoms with Crippen molar-refractivity contribution in [2.45, 2.75) is 12.5 Å². The van der Waals surface area contributed by atoms with Crippen LogP contribution in [0.4, 0.5) is 8.78 Å². The Morgan fingerprint density at radius 3 is 2.68 bits per heavy atom. The molecule has 1 aromatic rings. The number of aliphatic hydroxyl groups excluding tert-OH is 1. The summed E-state index contributed by atoms with van der Waals surface area (Å²) in [4.78, 5) is 34.0. The molecule has 0 saturated heterocycles. The first-order valence-electron chi connectivity index (χ1n) is 5.29. The number of hydrogen-bond donors (Lipinski definition) is 2. The third-order valence-corrected chi connectivity index (χ3v) is 2.35. The predicted molar refractivity (Wildman–Crippen MR) is 61.0 cm³/mol. The van der Waals surface area contributed by atoms with Gasteiger partial charge in [0, 0.05) is 19.3 Å². The summed E-state index contributed by atoms with van der Waals surface area (Å²) in [5.74, 6) is -4.24. The number of halogens is 2. The maximum Gasteiger partial charge on any atom is 0.331 e. The molecule has 1 aromatic heterocycles. The summed E-state index contributed by atoms with van der Waals surface area (Å²) in [5, 5.41) is 10.2. The fraction of sp³-hybridized carbons (Fsp3) is 0.500. The highest BCUT2D eigenvalue weighted by Crippen LogP contribution is 2.09. The number of carbonyl (C=O) groups excluding carboxylic acids is 1. The Bertz CT molecular complexity index is 579. The maximum atomic E-state index is 12.7. The highest BCUT2D eigenvalue weighted by molar-refractivity contribution is 5.75. The lowest BCUT2D eigenvalue weighted by atomic mass is 10.3. The van der Waals surface area contributed by atoms with Crippen molar-refractivity contribution in [2.24, 2.45) is 7.05 Å². The zero-order chi connectivity index (χ0) is 14.6. The summed E-state index contributed by atoms with van der Waals surface area (Å²) < 4.78 is 27.0. The number of nitrogens with one attached hydrogen (secondary N) is 1. The second kappa shape index (κ2) is 5.74. The fourth-order valence-corrected chi connectivity index (χ4v) is 1.23. The van der Waals surface area contributed by atoms with E-state index in [0.29, 0.717) is 0 Å². The number of amides is 1. The van der Waals surface area contributed by atoms with Crippen LogP contribution in [0.15, 0.2) is 21.9 Å². The van der Waals surface area contributed by atoms with Crippen LogP contribution in [0.1, 0.15) is 0 Å². The van der Waals surface area contributed by atoms with E-state index in [-0.39, 0.29) is 0 Å². The lowest BCUT2D eigenvalue weighted by molar-refractivity contribution is -0.124. The topological polar surface area (TPSA) is 93.3 Å². The highest BCUT2D eigenvalue weighted by atomic mass is 19.3. The Morgan fingerprint density at radius 1 is 1.47 bits per heavy atom. The standard InChI is InChI=1S/C10H13F2N3O4/c1-14-8(18)2-3-15(9(14)19)4-7(17)13-5-10(11,12)6-16/h2-3,16H,4-6H2,1H3,(H,13,17). The molecule has 0 aromatic carbocycles. The van der Waals surface area contributed by atoms with Gasteiger partial charge in [-0.05, 0) is 0 Å². The van der Waals surface area contributed by atoms with Gasteiger partial charge < -0.3 is 10.4 Å². The summed E-state index contributed by atoms with van der Waals surface area (Å²) in [6.45, 7) is -2.90. The van der Waals surface area contributed by atoms with Crippen molar-refractivity contribution in [3.05, 3.63) is 33.1 Å². The third kappa shape index (κ3) is 3.98. The number of nitrogens with zero attached hydrogens (tertiary/aromatic N) is 2. The van der Waals surface area contributed by atoms with Gasteiger partial charge >= 0.3 is 5.69 Å². The van der Waals surface area contributed by atoms with E-state index in [2.05, 4.69) is 0 Å². The Balaban J connectivity index is 2.71. The van der Waals surface area contributed by atoms with E-state index in [1.165, 1.54) is 7.05 Å². The largest absolute Gasteiger partial charge is 0.390 e. The van der Waals surface area contributed by atoms with Crippen molar-refractivity contribution >= 4 is 5.91 Å². The van der Waals surface area contributed by atoms with E-state index in [1.54, 1.807) is 0 Å². The van der Waals surface area contributed by atoms with Crippen LogP contribution in [0.2, 0.25) is 0 Å². The maximum absolute atomic E-state index is 12.7. The average Bonchev–Trinajstić information content (AvgIpc) is 2.37. The van der Waals surface area contributed by atoms with Crippen LogP contribution < -0.4 is 16.6 Å². The SMILES string of the molecule is Cn1c(=O)ccn(CC(=O)NCC(F)(F)CO)c1=O. The molecule has 0 aliphatic heterocycles. The van der Waals surface area contributed by atoms with Gasteiger partial charge in [-0.3, -0.25) is 18.7 Å². The van der Waals surface area contributed by atoms with Gasteiger partial charge in [-0.15, -0.1) is 0 Å². The molecule has 9 heteroatoms. The lowest BCUT2D eigenvalue weighted by Crippen LogP contribution is -2.43. The van der Waals surface area contributed by atoms with Gasteiger partial charge in [0.1, 0.15) is 13.2 Å². The van der Waals surface area contributed by atoms with Crippen molar-refractivity contribution in [1.82, 2.24) is 14.5 Å². The number of hydrogen-bond acceptors (Lipinski definition) is 4. The second-order valence-corrected chi connectivity index (χ2v) is 3.91. The van der Waals surface area contributed by atoms with Gasteiger partial charge in [-0.2, -0.15) is 0 Å². The van der Waals surface area contributed by atoms with Crippen molar-refractivity contribution in [2.75, 3.05) is 13.2 Å². The van der Waals surface area contributed by atoms with E-state index in [0.717, 1.165) is 21.4 Å². The normalized spacial score (nSPS) is 11.4. The first-order chi connectivity index (χ1) is 8.76. The summed E-state index contributed by atoms with van der Waals surface area (Å²) in [5.41, 5.74) is -1.26. The number of aliphatic hydroxyl groups is 1. The van der Waals surface area contributed by atoms with E-state index >= 15 is 0 Å². The minimum atomic E-state index is -3.41. The molecule has 1 amide bonds. The van der Waals surface area contributed by atoms with E-state index in [4.69, 9.17) is 5.11 Å². The van der Waals surface area contributed by atoms with Crippen molar-refractivity contribution in [3.63, 3.8) is 0 Å². The van der Waals surface area contributed by atoms with Crippen LogP contribution >= 0.6 is 0 Å². The third-order valence-electron chi connectivity index (χ3n) is 2.35. The molecule has 0 unspecified atom stereocenters. The monoisotopic (exact) mass is 277 g/mol. The zero-order valence-corrected chi connectivity index (χ0v) is 10.1. The molecule has 19 heavy (non-hydrogen) atoms. The first kappa shape index (κ1) is 15.0. The summed E-state index contributed by atoms with van der Waals surface area (Å²) >= 11 is 0. The van der Waals surface area contributed by atoms with Crippen LogP contribution in [-0.2, 0) is 18.4 Å². The molecule has 0 fully saturated rings. The minimum absolute atomic E-state index is 0.492. The molecular formula is C10H13F2N3O4. The summed E-state index contributed by atoms with van der Waals surface area (Å²) in [6, 6.07) is 1.08. The van der Waals surface area contributed by atoms with Gasteiger partial charge in [-0.25, -0.2) is 13.6 Å². The van der Waals surface area contributed by atoms with Gasteiger partial charge in [0.15, 0.2) is 0 Å². The molecule has 1 heterocycles. The molecule has 106 valence electrons. The Kier molecular flexibility index (Phi) is 4.54. The van der Waals surface area contributed by atoms with E-state index in [9.17, 15) is 23.2 Å². The molecule has 0 aliphatic carbocycles. The average molecular weight is 277 g/mol. The van der Waals surface area contributed by atoms with E-state index in [1.807, 2.05) is 5.32 Å². The number of alkyl halides is 2. The summed E-state index contributed by atoms with van der Waals surface area (Å²) in [6.07, 6.45) is 1.11. The van der Waals surface area contributed by atoms with Crippen molar-refractivity contribution in [1.29, 1.82) is 0 Å². The Morgan fingerprint density at radius 2 is 2.11 bits per heavy atom. The summed E-state index contributed by atoms with van der Waals surface area (Å²) in [7, 11) is 1.24. The zero-order valence-electron chi connectivity index (χ0n) is 10.1. The molecular weight excluding hydrogens is 264 g/mol. The van der Waals surface area contributed by atoms with Gasteiger partial charge in [-0.1, -0.05) is 0 Å². The van der Waals surface area contributed by atoms with Gasteiger partial charge in [0.05, 0.1) is 6.54 Å². The molecule has 0 radical (unpaired) electrons. The van der Waals surface area contributed by atoms with Crippen molar-refractivity contribution < 1.29 is 18.7 Å².